The second kappa shape index (κ2) is 6.96. The number of amides is 1. The van der Waals surface area contributed by atoms with Gasteiger partial charge in [-0.2, -0.15) is 0 Å². The number of carbonyl (C=O) groups is 2. The lowest BCUT2D eigenvalue weighted by Gasteiger charge is -2.22. The number of carbonyl (C=O) groups excluding carboxylic acids is 2. The number of aliphatic hydroxyl groups is 1. The number of thiophene rings is 1. The van der Waals surface area contributed by atoms with Crippen LogP contribution in [0.1, 0.15) is 32.1 Å². The highest BCUT2D eigenvalue weighted by Crippen LogP contribution is 2.43. The summed E-state index contributed by atoms with van der Waals surface area (Å²) < 4.78 is 14.1. The number of rotatable bonds is 5. The third-order valence-corrected chi connectivity index (χ3v) is 6.00. The highest BCUT2D eigenvalue weighted by molar-refractivity contribution is 7.14. The van der Waals surface area contributed by atoms with E-state index in [4.69, 9.17) is 0 Å². The Balaban J connectivity index is 1.70. The lowest BCUT2D eigenvalue weighted by atomic mass is 9.89. The second-order valence-corrected chi connectivity index (χ2v) is 8.16. The van der Waals surface area contributed by atoms with Crippen LogP contribution >= 0.6 is 11.3 Å². The average molecular weight is 395 g/mol. The summed E-state index contributed by atoms with van der Waals surface area (Å²) in [6.45, 7) is 1.87. The Kier molecular flexibility index (Phi) is 4.61. The van der Waals surface area contributed by atoms with Crippen molar-refractivity contribution in [3.8, 4) is 0 Å². The highest BCUT2D eigenvalue weighted by Gasteiger charge is 2.51. The Morgan fingerprint density at radius 1 is 1.11 bits per heavy atom. The molecule has 0 radical (unpaired) electrons. The minimum atomic E-state index is -1.96. The molecule has 1 aliphatic rings. The van der Waals surface area contributed by atoms with Gasteiger partial charge in [0.05, 0.1) is 23.5 Å². The largest absolute Gasteiger partial charge is 0.375 e. The Labute approximate surface area is 165 Å². The summed E-state index contributed by atoms with van der Waals surface area (Å²) in [6, 6.07) is 16.5. The molecule has 1 atom stereocenters. The predicted octanol–water partition coefficient (Wildman–Crippen LogP) is 4.20. The van der Waals surface area contributed by atoms with Gasteiger partial charge in [0.2, 0.25) is 0 Å². The molecule has 0 saturated heterocycles. The molecule has 4 nitrogen and oxygen atoms in total. The normalized spacial score (nSPS) is 18.4. The number of para-hydroxylation sites is 1. The van der Waals surface area contributed by atoms with Gasteiger partial charge in [0.1, 0.15) is 5.82 Å². The Morgan fingerprint density at radius 2 is 1.82 bits per heavy atom. The molecule has 1 aliphatic heterocycles. The van der Waals surface area contributed by atoms with Crippen LogP contribution in [0.3, 0.4) is 0 Å². The van der Waals surface area contributed by atoms with Gasteiger partial charge in [-0.15, -0.1) is 11.3 Å². The molecule has 3 aromatic rings. The first kappa shape index (κ1) is 18.5. The number of nitrogens with zero attached hydrogens (tertiary/aromatic N) is 1. The van der Waals surface area contributed by atoms with Crippen LogP contribution in [0, 0.1) is 12.7 Å². The van der Waals surface area contributed by atoms with Gasteiger partial charge in [-0.05, 0) is 31.2 Å². The molecule has 0 saturated carbocycles. The maximum atomic E-state index is 14.1. The van der Waals surface area contributed by atoms with Crippen LogP contribution < -0.4 is 4.90 Å². The fourth-order valence-corrected chi connectivity index (χ4v) is 4.34. The first-order chi connectivity index (χ1) is 13.4. The molecule has 6 heteroatoms. The topological polar surface area (TPSA) is 57.6 Å². The molecule has 2 aromatic carbocycles. The molecule has 2 heterocycles. The summed E-state index contributed by atoms with van der Waals surface area (Å²) in [5.41, 5.74) is -0.752. The summed E-state index contributed by atoms with van der Waals surface area (Å²) in [6.07, 6.45) is -0.351. The lowest BCUT2D eigenvalue weighted by Crippen LogP contribution is -2.41. The number of aryl methyl sites for hydroxylation is 1. The smallest absolute Gasteiger partial charge is 0.264 e. The van der Waals surface area contributed by atoms with Crippen molar-refractivity contribution >= 4 is 28.7 Å². The zero-order valence-electron chi connectivity index (χ0n) is 15.2. The molecule has 142 valence electrons. The molecule has 1 N–H and O–H groups in total. The van der Waals surface area contributed by atoms with Gasteiger partial charge in [-0.3, -0.25) is 9.59 Å². The van der Waals surface area contributed by atoms with E-state index in [1.165, 1.54) is 22.3 Å². The van der Waals surface area contributed by atoms with Crippen molar-refractivity contribution in [3.05, 3.63) is 87.4 Å². The quantitative estimate of drug-likeness (QED) is 0.659. The van der Waals surface area contributed by atoms with Crippen molar-refractivity contribution < 1.29 is 19.1 Å². The van der Waals surface area contributed by atoms with Crippen molar-refractivity contribution in [2.24, 2.45) is 0 Å². The standard InChI is InChI=1S/C22H18FNO3S/c1-14-10-11-20(28-14)19(25)12-22(27)16-7-3-5-9-18(16)24(21(22)26)13-15-6-2-4-8-17(15)23/h2-11,27H,12-13H2,1H3/t22-/m0/s1. The number of hydrogen-bond acceptors (Lipinski definition) is 4. The summed E-state index contributed by atoms with van der Waals surface area (Å²) in [7, 11) is 0. The molecule has 28 heavy (non-hydrogen) atoms. The number of ketones is 1. The van der Waals surface area contributed by atoms with E-state index in [0.717, 1.165) is 4.88 Å². The SMILES string of the molecule is Cc1ccc(C(=O)C[C@@]2(O)C(=O)N(Cc3ccccc3F)c3ccccc32)s1. The predicted molar refractivity (Wildman–Crippen MR) is 106 cm³/mol. The molecule has 0 spiro atoms. The van der Waals surface area contributed by atoms with Crippen LogP contribution in [0.15, 0.2) is 60.7 Å². The maximum absolute atomic E-state index is 14.1. The van der Waals surface area contributed by atoms with Gasteiger partial charge in [-0.25, -0.2) is 4.39 Å². The maximum Gasteiger partial charge on any atom is 0.264 e. The van der Waals surface area contributed by atoms with Crippen molar-refractivity contribution in [3.63, 3.8) is 0 Å². The van der Waals surface area contributed by atoms with E-state index >= 15 is 0 Å². The van der Waals surface area contributed by atoms with Crippen LogP contribution in [0.2, 0.25) is 0 Å². The minimum absolute atomic E-state index is 0.0167. The first-order valence-electron chi connectivity index (χ1n) is 8.87. The summed E-state index contributed by atoms with van der Waals surface area (Å²) in [5.74, 6) is -1.33. The van der Waals surface area contributed by atoms with E-state index in [2.05, 4.69) is 0 Å². The second-order valence-electron chi connectivity index (χ2n) is 6.87. The van der Waals surface area contributed by atoms with Crippen LogP contribution in [0.4, 0.5) is 10.1 Å². The van der Waals surface area contributed by atoms with E-state index < -0.39 is 17.3 Å². The van der Waals surface area contributed by atoms with Gasteiger partial charge in [-0.1, -0.05) is 36.4 Å². The number of fused-ring (bicyclic) bond motifs is 1. The van der Waals surface area contributed by atoms with E-state index in [-0.39, 0.29) is 18.7 Å². The van der Waals surface area contributed by atoms with Gasteiger partial charge in [0, 0.05) is 16.0 Å². The molecular formula is C22H18FNO3S. The number of benzene rings is 2. The van der Waals surface area contributed by atoms with Gasteiger partial charge in [0.15, 0.2) is 11.4 Å². The molecule has 4 rings (SSSR count). The van der Waals surface area contributed by atoms with Gasteiger partial charge in [0.25, 0.3) is 5.91 Å². The third-order valence-electron chi connectivity index (χ3n) is 4.96. The van der Waals surface area contributed by atoms with E-state index in [9.17, 15) is 19.1 Å². The summed E-state index contributed by atoms with van der Waals surface area (Å²) in [5, 5.41) is 11.3. The lowest BCUT2D eigenvalue weighted by molar-refractivity contribution is -0.136. The van der Waals surface area contributed by atoms with Crippen LogP contribution in [0.5, 0.6) is 0 Å². The number of anilines is 1. The van der Waals surface area contributed by atoms with Crippen molar-refractivity contribution in [2.75, 3.05) is 4.90 Å². The first-order valence-corrected chi connectivity index (χ1v) is 9.69. The molecule has 0 fully saturated rings. The summed E-state index contributed by atoms with van der Waals surface area (Å²) >= 11 is 1.33. The van der Waals surface area contributed by atoms with E-state index in [0.29, 0.717) is 21.7 Å². The van der Waals surface area contributed by atoms with Crippen molar-refractivity contribution in [1.82, 2.24) is 0 Å². The Bertz CT molecular complexity index is 1080. The zero-order valence-corrected chi connectivity index (χ0v) is 16.0. The van der Waals surface area contributed by atoms with E-state index in [1.807, 2.05) is 13.0 Å². The summed E-state index contributed by atoms with van der Waals surface area (Å²) in [4.78, 5) is 28.7. The van der Waals surface area contributed by atoms with Crippen molar-refractivity contribution in [1.29, 1.82) is 0 Å². The number of Topliss-reactive ketones (excluding diaryl/α,β-unsaturated/α-hetero) is 1. The van der Waals surface area contributed by atoms with Gasteiger partial charge < -0.3 is 10.0 Å². The van der Waals surface area contributed by atoms with E-state index in [1.54, 1.807) is 48.5 Å². The number of halogens is 1. The fourth-order valence-electron chi connectivity index (χ4n) is 3.54. The van der Waals surface area contributed by atoms with Gasteiger partial charge >= 0.3 is 0 Å². The molecule has 0 unspecified atom stereocenters. The number of hydrogen-bond donors (Lipinski definition) is 1. The Hall–Kier alpha value is -2.83. The molecule has 0 bridgehead atoms. The highest BCUT2D eigenvalue weighted by atomic mass is 32.1. The zero-order chi connectivity index (χ0) is 19.9. The molecule has 1 aromatic heterocycles. The minimum Gasteiger partial charge on any atom is -0.375 e. The van der Waals surface area contributed by atoms with Crippen LogP contribution in [-0.2, 0) is 16.9 Å². The Morgan fingerprint density at radius 3 is 2.54 bits per heavy atom. The average Bonchev–Trinajstić information content (AvgIpc) is 3.20. The fraction of sp³-hybridized carbons (Fsp3) is 0.182. The van der Waals surface area contributed by atoms with Crippen molar-refractivity contribution in [2.45, 2.75) is 25.5 Å². The molecular weight excluding hydrogens is 377 g/mol. The third kappa shape index (κ3) is 3.04. The molecule has 0 aliphatic carbocycles. The van der Waals surface area contributed by atoms with Crippen LogP contribution in [-0.4, -0.2) is 16.8 Å². The molecule has 1 amide bonds. The monoisotopic (exact) mass is 395 g/mol. The van der Waals surface area contributed by atoms with Crippen LogP contribution in [0.25, 0.3) is 0 Å².